The molecule has 0 aliphatic carbocycles. The molecule has 0 aliphatic rings. The van der Waals surface area contributed by atoms with E-state index in [1.54, 1.807) is 24.3 Å². The zero-order chi connectivity index (χ0) is 21.2. The minimum atomic E-state index is -4.04. The normalized spacial score (nSPS) is 11.3. The van der Waals surface area contributed by atoms with Crippen LogP contribution in [0.1, 0.15) is 5.69 Å². The first-order valence-corrected chi connectivity index (χ1v) is 10.1. The number of amides is 1. The van der Waals surface area contributed by atoms with Gasteiger partial charge in [0.1, 0.15) is 0 Å². The molecular formula is C18H17ClN4O5S. The van der Waals surface area contributed by atoms with Crippen molar-refractivity contribution in [3.63, 3.8) is 0 Å². The third-order valence-electron chi connectivity index (χ3n) is 4.04. The number of rotatable bonds is 6. The summed E-state index contributed by atoms with van der Waals surface area (Å²) in [6, 6.07) is 10.7. The first-order valence-electron chi connectivity index (χ1n) is 8.27. The second-order valence-electron chi connectivity index (χ2n) is 6.02. The van der Waals surface area contributed by atoms with Gasteiger partial charge in [0.2, 0.25) is 15.7 Å². The van der Waals surface area contributed by atoms with Crippen molar-refractivity contribution in [3.8, 4) is 11.6 Å². The molecule has 0 saturated carbocycles. The second-order valence-corrected chi connectivity index (χ2v) is 8.32. The first kappa shape index (κ1) is 20.6. The quantitative estimate of drug-likeness (QED) is 0.631. The number of hydrogen-bond acceptors (Lipinski definition) is 6. The molecule has 0 atom stereocenters. The lowest BCUT2D eigenvalue weighted by Gasteiger charge is -2.10. The highest BCUT2D eigenvalue weighted by Gasteiger charge is 2.27. The lowest BCUT2D eigenvalue weighted by Crippen LogP contribution is -2.24. The maximum Gasteiger partial charge on any atom is 0.407 e. The predicted molar refractivity (Wildman–Crippen MR) is 104 cm³/mol. The number of methoxy groups -OCH3 is 1. The lowest BCUT2D eigenvalue weighted by atomic mass is 10.3. The standard InChI is InChI=1S/C18H17ClN4O5S/c1-22(18(24)25)11-12-9-17(23(21-12)15-6-4-3-5-14(15)19)29(26,27)13-7-8-16(28-2)20-10-13/h3-10H,11H2,1-2H3,(H,24,25). The van der Waals surface area contributed by atoms with E-state index in [-0.39, 0.29) is 33.1 Å². The van der Waals surface area contributed by atoms with E-state index >= 15 is 0 Å². The van der Waals surface area contributed by atoms with E-state index in [0.717, 1.165) is 4.90 Å². The fourth-order valence-corrected chi connectivity index (χ4v) is 4.11. The molecule has 9 nitrogen and oxygen atoms in total. The van der Waals surface area contributed by atoms with Crippen LogP contribution in [0.3, 0.4) is 0 Å². The first-order chi connectivity index (χ1) is 13.7. The van der Waals surface area contributed by atoms with E-state index in [1.165, 1.54) is 43.2 Å². The van der Waals surface area contributed by atoms with Gasteiger partial charge in [0, 0.05) is 25.4 Å². The number of sulfone groups is 1. The topological polar surface area (TPSA) is 115 Å². The van der Waals surface area contributed by atoms with E-state index in [0.29, 0.717) is 5.69 Å². The van der Waals surface area contributed by atoms with Gasteiger partial charge in [-0.25, -0.2) is 22.9 Å². The van der Waals surface area contributed by atoms with Crippen molar-refractivity contribution in [2.75, 3.05) is 14.2 Å². The van der Waals surface area contributed by atoms with Crippen LogP contribution < -0.4 is 4.74 Å². The number of aromatic nitrogens is 3. The van der Waals surface area contributed by atoms with Crippen LogP contribution in [0.5, 0.6) is 5.88 Å². The molecule has 11 heteroatoms. The fourth-order valence-electron chi connectivity index (χ4n) is 2.55. The summed E-state index contributed by atoms with van der Waals surface area (Å²) in [7, 11) is -1.25. The summed E-state index contributed by atoms with van der Waals surface area (Å²) in [6.07, 6.45) is 0.0160. The molecule has 152 valence electrons. The third-order valence-corrected chi connectivity index (χ3v) is 6.06. The molecule has 3 aromatic rings. The van der Waals surface area contributed by atoms with Gasteiger partial charge in [-0.2, -0.15) is 5.10 Å². The van der Waals surface area contributed by atoms with Crippen LogP contribution in [-0.2, 0) is 16.4 Å². The second kappa shape index (κ2) is 8.10. The largest absolute Gasteiger partial charge is 0.481 e. The van der Waals surface area contributed by atoms with Crippen molar-refractivity contribution in [2.45, 2.75) is 16.5 Å². The van der Waals surface area contributed by atoms with Gasteiger partial charge in [-0.3, -0.25) is 0 Å². The molecule has 0 fully saturated rings. The summed E-state index contributed by atoms with van der Waals surface area (Å²) < 4.78 is 32.7. The van der Waals surface area contributed by atoms with Gasteiger partial charge in [-0.05, 0) is 18.2 Å². The Bertz CT molecular complexity index is 1150. The molecule has 1 amide bonds. The Labute approximate surface area is 172 Å². The maximum absolute atomic E-state index is 13.3. The van der Waals surface area contributed by atoms with Crippen LogP contribution in [0.25, 0.3) is 5.69 Å². The summed E-state index contributed by atoms with van der Waals surface area (Å²) in [5, 5.41) is 13.5. The molecule has 0 saturated heterocycles. The molecule has 0 spiro atoms. The number of carboxylic acid groups (broad SMARTS) is 1. The Morgan fingerprint density at radius 1 is 1.28 bits per heavy atom. The van der Waals surface area contributed by atoms with E-state index in [9.17, 15) is 13.2 Å². The number of halogens is 1. The van der Waals surface area contributed by atoms with E-state index < -0.39 is 15.9 Å². The molecule has 1 aromatic carbocycles. The van der Waals surface area contributed by atoms with Crippen molar-refractivity contribution < 1.29 is 23.1 Å². The number of hydrogen-bond donors (Lipinski definition) is 1. The highest BCUT2D eigenvalue weighted by atomic mass is 35.5. The van der Waals surface area contributed by atoms with Gasteiger partial charge < -0.3 is 14.7 Å². The zero-order valence-electron chi connectivity index (χ0n) is 15.5. The highest BCUT2D eigenvalue weighted by Crippen LogP contribution is 2.28. The molecule has 29 heavy (non-hydrogen) atoms. The van der Waals surface area contributed by atoms with Crippen molar-refractivity contribution in [2.24, 2.45) is 0 Å². The average Bonchev–Trinajstić information content (AvgIpc) is 3.12. The van der Waals surface area contributed by atoms with Crippen molar-refractivity contribution in [1.29, 1.82) is 0 Å². The SMILES string of the molecule is COc1ccc(S(=O)(=O)c2cc(CN(C)C(=O)O)nn2-c2ccccc2Cl)cn1. The molecule has 0 bridgehead atoms. The van der Waals surface area contributed by atoms with E-state index in [2.05, 4.69) is 10.1 Å². The summed E-state index contributed by atoms with van der Waals surface area (Å²) in [6.45, 7) is -0.101. The van der Waals surface area contributed by atoms with Crippen LogP contribution in [0.2, 0.25) is 5.02 Å². The number of para-hydroxylation sites is 1. The summed E-state index contributed by atoms with van der Waals surface area (Å²) in [5.74, 6) is 0.271. The van der Waals surface area contributed by atoms with Gasteiger partial charge in [0.05, 0.1) is 35.0 Å². The molecule has 0 aliphatic heterocycles. The maximum atomic E-state index is 13.3. The van der Waals surface area contributed by atoms with Gasteiger partial charge in [-0.1, -0.05) is 23.7 Å². The molecule has 1 N–H and O–H groups in total. The number of benzene rings is 1. The third kappa shape index (κ3) is 4.17. The molecule has 0 radical (unpaired) electrons. The summed E-state index contributed by atoms with van der Waals surface area (Å²) in [4.78, 5) is 16.0. The van der Waals surface area contributed by atoms with Crippen molar-refractivity contribution in [1.82, 2.24) is 19.7 Å². The fraction of sp³-hybridized carbons (Fsp3) is 0.167. The number of ether oxygens (including phenoxy) is 1. The van der Waals surface area contributed by atoms with Crippen LogP contribution in [-0.4, -0.2) is 53.4 Å². The van der Waals surface area contributed by atoms with E-state index in [1.807, 2.05) is 0 Å². The van der Waals surface area contributed by atoms with Gasteiger partial charge in [0.25, 0.3) is 0 Å². The molecule has 3 rings (SSSR count). The Morgan fingerprint density at radius 3 is 2.59 bits per heavy atom. The lowest BCUT2D eigenvalue weighted by molar-refractivity contribution is 0.153. The van der Waals surface area contributed by atoms with Crippen molar-refractivity contribution >= 4 is 27.5 Å². The van der Waals surface area contributed by atoms with Crippen LogP contribution in [0.4, 0.5) is 4.79 Å². The average molecular weight is 437 g/mol. The Balaban J connectivity index is 2.16. The van der Waals surface area contributed by atoms with Crippen LogP contribution in [0.15, 0.2) is 58.6 Å². The van der Waals surface area contributed by atoms with E-state index in [4.69, 9.17) is 21.4 Å². The number of pyridine rings is 1. The Morgan fingerprint density at radius 2 is 2.00 bits per heavy atom. The monoisotopic (exact) mass is 436 g/mol. The molecule has 0 unspecified atom stereocenters. The van der Waals surface area contributed by atoms with Crippen LogP contribution in [0, 0.1) is 0 Å². The highest BCUT2D eigenvalue weighted by molar-refractivity contribution is 7.91. The minimum absolute atomic E-state index is 0.0651. The Hall–Kier alpha value is -3.11. The molecular weight excluding hydrogens is 420 g/mol. The van der Waals surface area contributed by atoms with Crippen LogP contribution >= 0.6 is 11.6 Å². The molecule has 2 heterocycles. The smallest absolute Gasteiger partial charge is 0.407 e. The van der Waals surface area contributed by atoms with Crippen molar-refractivity contribution in [3.05, 3.63) is 59.4 Å². The minimum Gasteiger partial charge on any atom is -0.481 e. The van der Waals surface area contributed by atoms with Gasteiger partial charge >= 0.3 is 6.09 Å². The predicted octanol–water partition coefficient (Wildman–Crippen LogP) is 2.87. The zero-order valence-corrected chi connectivity index (χ0v) is 17.1. The number of carbonyl (C=O) groups is 1. The summed E-state index contributed by atoms with van der Waals surface area (Å²) in [5.41, 5.74) is 0.591. The van der Waals surface area contributed by atoms with Gasteiger partial charge in [0.15, 0.2) is 5.03 Å². The number of nitrogens with zero attached hydrogens (tertiary/aromatic N) is 4. The summed E-state index contributed by atoms with van der Waals surface area (Å²) >= 11 is 6.24. The Kier molecular flexibility index (Phi) is 5.76. The molecule has 2 aromatic heterocycles. The van der Waals surface area contributed by atoms with Gasteiger partial charge in [-0.15, -0.1) is 0 Å².